The molecular weight excluding hydrogens is 140 g/mol. The van der Waals surface area contributed by atoms with Gasteiger partial charge in [0, 0.05) is 5.25 Å². The minimum Gasteiger partial charge on any atom is -0.158 e. The van der Waals surface area contributed by atoms with Crippen LogP contribution < -0.4 is 0 Å². The SMILES string of the molecule is C=C1CCC2SCCC2C1. The Balaban J connectivity index is 2.03. The molecule has 1 aliphatic heterocycles. The molecule has 0 nitrogen and oxygen atoms in total. The summed E-state index contributed by atoms with van der Waals surface area (Å²) in [5.41, 5.74) is 1.50. The fourth-order valence-electron chi connectivity index (χ4n) is 2.06. The van der Waals surface area contributed by atoms with E-state index in [1.807, 2.05) is 0 Å². The van der Waals surface area contributed by atoms with Gasteiger partial charge in [0.25, 0.3) is 0 Å². The number of thioether (sulfide) groups is 1. The van der Waals surface area contributed by atoms with E-state index in [-0.39, 0.29) is 0 Å². The largest absolute Gasteiger partial charge is 0.158 e. The lowest BCUT2D eigenvalue weighted by atomic mass is 9.85. The van der Waals surface area contributed by atoms with E-state index in [0.717, 1.165) is 11.2 Å². The Morgan fingerprint density at radius 3 is 3.20 bits per heavy atom. The average molecular weight is 154 g/mol. The van der Waals surface area contributed by atoms with Crippen LogP contribution in [0.2, 0.25) is 0 Å². The van der Waals surface area contributed by atoms with Crippen molar-refractivity contribution in [3.63, 3.8) is 0 Å². The monoisotopic (exact) mass is 154 g/mol. The van der Waals surface area contributed by atoms with Gasteiger partial charge in [-0.15, -0.1) is 0 Å². The highest BCUT2D eigenvalue weighted by Gasteiger charge is 2.30. The zero-order chi connectivity index (χ0) is 6.97. The lowest BCUT2D eigenvalue weighted by Crippen LogP contribution is -2.17. The topological polar surface area (TPSA) is 0 Å². The van der Waals surface area contributed by atoms with Crippen molar-refractivity contribution in [3.05, 3.63) is 12.2 Å². The third-order valence-corrected chi connectivity index (χ3v) is 4.20. The lowest BCUT2D eigenvalue weighted by Gasteiger charge is -2.25. The predicted octanol–water partition coefficient (Wildman–Crippen LogP) is 2.85. The predicted molar refractivity (Wildman–Crippen MR) is 47.3 cm³/mol. The van der Waals surface area contributed by atoms with Crippen molar-refractivity contribution >= 4 is 11.8 Å². The number of hydrogen-bond acceptors (Lipinski definition) is 1. The van der Waals surface area contributed by atoms with E-state index in [0.29, 0.717) is 0 Å². The number of allylic oxidation sites excluding steroid dienone is 1. The van der Waals surface area contributed by atoms with Crippen LogP contribution in [0, 0.1) is 5.92 Å². The number of hydrogen-bond donors (Lipinski definition) is 0. The van der Waals surface area contributed by atoms with Crippen LogP contribution in [0.1, 0.15) is 25.7 Å². The minimum atomic E-state index is 1.01. The third kappa shape index (κ3) is 1.12. The van der Waals surface area contributed by atoms with E-state index in [9.17, 15) is 0 Å². The van der Waals surface area contributed by atoms with Crippen LogP contribution in [0.4, 0.5) is 0 Å². The zero-order valence-corrected chi connectivity index (χ0v) is 7.12. The van der Waals surface area contributed by atoms with Gasteiger partial charge in [-0.3, -0.25) is 0 Å². The molecule has 2 aliphatic rings. The van der Waals surface area contributed by atoms with Crippen LogP contribution >= 0.6 is 11.8 Å². The molecule has 0 spiro atoms. The Bertz CT molecular complexity index is 151. The van der Waals surface area contributed by atoms with E-state index in [2.05, 4.69) is 18.3 Å². The second kappa shape index (κ2) is 2.61. The maximum absolute atomic E-state index is 4.07. The second-order valence-electron chi connectivity index (χ2n) is 3.45. The molecule has 0 N–H and O–H groups in total. The van der Waals surface area contributed by atoms with E-state index in [1.54, 1.807) is 0 Å². The molecule has 0 aromatic carbocycles. The Labute approximate surface area is 67.1 Å². The van der Waals surface area contributed by atoms with Gasteiger partial charge in [-0.25, -0.2) is 0 Å². The average Bonchev–Trinajstić information content (AvgIpc) is 2.33. The lowest BCUT2D eigenvalue weighted by molar-refractivity contribution is 0.443. The van der Waals surface area contributed by atoms with Crippen molar-refractivity contribution in [2.24, 2.45) is 5.92 Å². The molecule has 2 fully saturated rings. The minimum absolute atomic E-state index is 1.01. The maximum Gasteiger partial charge on any atom is 0.00817 e. The van der Waals surface area contributed by atoms with Gasteiger partial charge >= 0.3 is 0 Å². The Hall–Kier alpha value is 0.0900. The summed E-state index contributed by atoms with van der Waals surface area (Å²) in [4.78, 5) is 0. The van der Waals surface area contributed by atoms with Crippen molar-refractivity contribution in [2.75, 3.05) is 5.75 Å². The van der Waals surface area contributed by atoms with Gasteiger partial charge in [0.1, 0.15) is 0 Å². The van der Waals surface area contributed by atoms with Crippen LogP contribution in [0.25, 0.3) is 0 Å². The molecule has 0 radical (unpaired) electrons. The Morgan fingerprint density at radius 2 is 2.30 bits per heavy atom. The third-order valence-electron chi connectivity index (χ3n) is 2.68. The summed E-state index contributed by atoms with van der Waals surface area (Å²) >= 11 is 2.19. The summed E-state index contributed by atoms with van der Waals surface area (Å²) < 4.78 is 0. The van der Waals surface area contributed by atoms with Crippen LogP contribution in [0.15, 0.2) is 12.2 Å². The molecule has 0 bridgehead atoms. The van der Waals surface area contributed by atoms with Gasteiger partial charge in [-0.2, -0.15) is 11.8 Å². The maximum atomic E-state index is 4.07. The Morgan fingerprint density at radius 1 is 1.40 bits per heavy atom. The molecule has 0 aromatic rings. The van der Waals surface area contributed by atoms with E-state index >= 15 is 0 Å². The molecule has 56 valence electrons. The molecule has 1 heterocycles. The summed E-state index contributed by atoms with van der Waals surface area (Å²) in [6.07, 6.45) is 5.49. The van der Waals surface area contributed by atoms with E-state index in [4.69, 9.17) is 0 Å². The van der Waals surface area contributed by atoms with Crippen LogP contribution in [0.3, 0.4) is 0 Å². The molecule has 0 aromatic heterocycles. The first kappa shape index (κ1) is 6.78. The number of fused-ring (bicyclic) bond motifs is 1. The van der Waals surface area contributed by atoms with Gasteiger partial charge in [0.05, 0.1) is 0 Å². The van der Waals surface area contributed by atoms with Crippen molar-refractivity contribution in [1.29, 1.82) is 0 Å². The first-order chi connectivity index (χ1) is 4.86. The van der Waals surface area contributed by atoms with Crippen molar-refractivity contribution in [3.8, 4) is 0 Å². The summed E-state index contributed by atoms with van der Waals surface area (Å²) in [7, 11) is 0. The first-order valence-electron chi connectivity index (χ1n) is 4.14. The second-order valence-corrected chi connectivity index (χ2v) is 4.80. The standard InChI is InChI=1S/C9H14S/c1-7-2-3-9-8(6-7)4-5-10-9/h8-9H,1-6H2. The summed E-state index contributed by atoms with van der Waals surface area (Å²) in [6, 6.07) is 0. The molecule has 10 heavy (non-hydrogen) atoms. The van der Waals surface area contributed by atoms with E-state index in [1.165, 1.54) is 37.0 Å². The number of rotatable bonds is 0. The van der Waals surface area contributed by atoms with Gasteiger partial charge in [-0.1, -0.05) is 12.2 Å². The van der Waals surface area contributed by atoms with Crippen LogP contribution in [-0.2, 0) is 0 Å². The molecule has 1 saturated carbocycles. The van der Waals surface area contributed by atoms with E-state index < -0.39 is 0 Å². The fraction of sp³-hybridized carbons (Fsp3) is 0.778. The summed E-state index contributed by atoms with van der Waals surface area (Å²) in [6.45, 7) is 4.07. The molecule has 2 rings (SSSR count). The zero-order valence-electron chi connectivity index (χ0n) is 6.31. The van der Waals surface area contributed by atoms with Gasteiger partial charge < -0.3 is 0 Å². The van der Waals surface area contributed by atoms with Gasteiger partial charge in [-0.05, 0) is 37.4 Å². The Kier molecular flexibility index (Phi) is 1.77. The molecule has 1 aliphatic carbocycles. The van der Waals surface area contributed by atoms with Crippen LogP contribution in [-0.4, -0.2) is 11.0 Å². The van der Waals surface area contributed by atoms with Crippen molar-refractivity contribution < 1.29 is 0 Å². The highest BCUT2D eigenvalue weighted by molar-refractivity contribution is 8.00. The molecular formula is C9H14S. The molecule has 1 saturated heterocycles. The molecule has 1 heteroatoms. The van der Waals surface area contributed by atoms with Gasteiger partial charge in [0.15, 0.2) is 0 Å². The first-order valence-corrected chi connectivity index (χ1v) is 5.19. The summed E-state index contributed by atoms with van der Waals surface area (Å²) in [5, 5.41) is 1.01. The van der Waals surface area contributed by atoms with Crippen molar-refractivity contribution in [2.45, 2.75) is 30.9 Å². The highest BCUT2D eigenvalue weighted by atomic mass is 32.2. The molecule has 0 amide bonds. The van der Waals surface area contributed by atoms with Crippen molar-refractivity contribution in [1.82, 2.24) is 0 Å². The normalized spacial score (nSPS) is 39.8. The summed E-state index contributed by atoms with van der Waals surface area (Å²) in [5.74, 6) is 2.41. The molecule has 2 unspecified atom stereocenters. The smallest absolute Gasteiger partial charge is 0.00817 e. The van der Waals surface area contributed by atoms with Gasteiger partial charge in [0.2, 0.25) is 0 Å². The highest BCUT2D eigenvalue weighted by Crippen LogP contribution is 2.43. The quantitative estimate of drug-likeness (QED) is 0.483. The van der Waals surface area contributed by atoms with Crippen LogP contribution in [0.5, 0.6) is 0 Å². The molecule has 2 atom stereocenters. The fourth-order valence-corrected chi connectivity index (χ4v) is 3.60.